The Hall–Kier alpha value is -1.03. The minimum absolute atomic E-state index is 0.709. The molecule has 1 heterocycles. The maximum absolute atomic E-state index is 6.18. The molecule has 2 aromatic rings. The fourth-order valence-corrected chi connectivity index (χ4v) is 2.26. The smallest absolute Gasteiger partial charge is 0.0848 e. The lowest BCUT2D eigenvalue weighted by Gasteiger charge is -2.11. The number of hydrogen-bond acceptors (Lipinski definition) is 2. The van der Waals surface area contributed by atoms with Crippen molar-refractivity contribution >= 4 is 23.2 Å². The van der Waals surface area contributed by atoms with Crippen molar-refractivity contribution in [1.29, 1.82) is 0 Å². The van der Waals surface area contributed by atoms with E-state index in [1.807, 2.05) is 43.8 Å². The van der Waals surface area contributed by atoms with Crippen molar-refractivity contribution in [3.8, 4) is 5.69 Å². The lowest BCUT2D eigenvalue weighted by atomic mass is 10.1. The second kappa shape index (κ2) is 5.31. The number of nitrogens with one attached hydrogen (secondary N) is 1. The maximum Gasteiger partial charge on any atom is 0.0848 e. The molecule has 5 heteroatoms. The van der Waals surface area contributed by atoms with E-state index in [2.05, 4.69) is 10.4 Å². The van der Waals surface area contributed by atoms with Gasteiger partial charge >= 0.3 is 0 Å². The van der Waals surface area contributed by atoms with Gasteiger partial charge in [0.15, 0.2) is 0 Å². The SMILES string of the molecule is CNCc1cc(Cl)ccc1-n1nc(C)c(Cl)c1C. The van der Waals surface area contributed by atoms with E-state index >= 15 is 0 Å². The third kappa shape index (κ3) is 2.39. The largest absolute Gasteiger partial charge is 0.316 e. The molecular formula is C13H15Cl2N3. The maximum atomic E-state index is 6.18. The van der Waals surface area contributed by atoms with E-state index in [1.165, 1.54) is 0 Å². The molecule has 0 aliphatic carbocycles. The molecule has 18 heavy (non-hydrogen) atoms. The second-order valence-corrected chi connectivity index (χ2v) is 5.01. The Morgan fingerprint density at radius 1 is 1.28 bits per heavy atom. The van der Waals surface area contributed by atoms with Gasteiger partial charge in [-0.2, -0.15) is 5.10 Å². The molecule has 1 N–H and O–H groups in total. The Balaban J connectivity index is 2.59. The zero-order chi connectivity index (χ0) is 13.3. The summed E-state index contributed by atoms with van der Waals surface area (Å²) >= 11 is 12.2. The first-order valence-corrected chi connectivity index (χ1v) is 6.45. The predicted molar refractivity (Wildman–Crippen MR) is 75.8 cm³/mol. The summed E-state index contributed by atoms with van der Waals surface area (Å²) in [6.07, 6.45) is 0. The summed E-state index contributed by atoms with van der Waals surface area (Å²) < 4.78 is 1.86. The fraction of sp³-hybridized carbons (Fsp3) is 0.308. The normalized spacial score (nSPS) is 10.9. The van der Waals surface area contributed by atoms with E-state index in [9.17, 15) is 0 Å². The van der Waals surface area contributed by atoms with E-state index < -0.39 is 0 Å². The number of aryl methyl sites for hydroxylation is 1. The Bertz CT molecular complexity index is 576. The Kier molecular flexibility index (Phi) is 3.95. The highest BCUT2D eigenvalue weighted by molar-refractivity contribution is 6.32. The lowest BCUT2D eigenvalue weighted by molar-refractivity contribution is 0.775. The molecule has 0 amide bonds. The quantitative estimate of drug-likeness (QED) is 0.934. The third-order valence-corrected chi connectivity index (χ3v) is 3.62. The lowest BCUT2D eigenvalue weighted by Crippen LogP contribution is -2.10. The molecule has 0 fully saturated rings. The van der Waals surface area contributed by atoms with Crippen molar-refractivity contribution < 1.29 is 0 Å². The molecule has 0 aliphatic heterocycles. The molecule has 0 radical (unpaired) electrons. The Morgan fingerprint density at radius 3 is 2.56 bits per heavy atom. The first-order chi connectivity index (χ1) is 8.54. The highest BCUT2D eigenvalue weighted by Gasteiger charge is 2.13. The molecule has 1 aromatic heterocycles. The molecule has 3 nitrogen and oxygen atoms in total. The number of halogens is 2. The number of aromatic nitrogens is 2. The third-order valence-electron chi connectivity index (χ3n) is 2.84. The van der Waals surface area contributed by atoms with Crippen molar-refractivity contribution in [3.05, 3.63) is 45.2 Å². The summed E-state index contributed by atoms with van der Waals surface area (Å²) in [6.45, 7) is 4.59. The molecule has 0 bridgehead atoms. The summed E-state index contributed by atoms with van der Waals surface area (Å²) in [5.74, 6) is 0. The van der Waals surface area contributed by atoms with Gasteiger partial charge in [0.25, 0.3) is 0 Å². The van der Waals surface area contributed by atoms with Crippen molar-refractivity contribution in [2.24, 2.45) is 0 Å². The number of hydrogen-bond donors (Lipinski definition) is 1. The van der Waals surface area contributed by atoms with Crippen LogP contribution in [0.2, 0.25) is 10.0 Å². The fourth-order valence-electron chi connectivity index (χ4n) is 1.95. The molecule has 0 aliphatic rings. The van der Waals surface area contributed by atoms with Gasteiger partial charge in [-0.05, 0) is 44.7 Å². The minimum Gasteiger partial charge on any atom is -0.316 e. The van der Waals surface area contributed by atoms with E-state index in [-0.39, 0.29) is 0 Å². The first kappa shape index (κ1) is 13.4. The molecule has 0 atom stereocenters. The van der Waals surface area contributed by atoms with Gasteiger partial charge < -0.3 is 5.32 Å². The topological polar surface area (TPSA) is 29.9 Å². The monoisotopic (exact) mass is 283 g/mol. The van der Waals surface area contributed by atoms with E-state index in [1.54, 1.807) is 0 Å². The predicted octanol–water partition coefficient (Wildman–Crippen LogP) is 3.52. The van der Waals surface area contributed by atoms with Crippen molar-refractivity contribution in [2.75, 3.05) is 7.05 Å². The van der Waals surface area contributed by atoms with Crippen molar-refractivity contribution in [3.63, 3.8) is 0 Å². The highest BCUT2D eigenvalue weighted by Crippen LogP contribution is 2.25. The van der Waals surface area contributed by atoms with Gasteiger partial charge in [0.2, 0.25) is 0 Å². The van der Waals surface area contributed by atoms with E-state index in [4.69, 9.17) is 23.2 Å². The standard InChI is InChI=1S/C13H15Cl2N3/c1-8-13(15)9(2)18(17-8)12-5-4-11(14)6-10(12)7-16-3/h4-6,16H,7H2,1-3H3. The number of rotatable bonds is 3. The van der Waals surface area contributed by atoms with E-state index in [0.717, 1.165) is 34.2 Å². The van der Waals surface area contributed by atoms with Crippen LogP contribution >= 0.6 is 23.2 Å². The van der Waals surface area contributed by atoms with Crippen LogP contribution in [0.25, 0.3) is 5.69 Å². The van der Waals surface area contributed by atoms with Gasteiger partial charge in [0.05, 0.1) is 22.1 Å². The molecule has 0 unspecified atom stereocenters. The number of nitrogens with zero attached hydrogens (tertiary/aromatic N) is 2. The summed E-state index contributed by atoms with van der Waals surface area (Å²) in [5, 5.41) is 9.02. The Morgan fingerprint density at radius 2 is 2.00 bits per heavy atom. The second-order valence-electron chi connectivity index (χ2n) is 4.20. The van der Waals surface area contributed by atoms with Crippen LogP contribution in [0.3, 0.4) is 0 Å². The zero-order valence-electron chi connectivity index (χ0n) is 10.6. The van der Waals surface area contributed by atoms with Gasteiger partial charge in [0.1, 0.15) is 0 Å². The highest BCUT2D eigenvalue weighted by atomic mass is 35.5. The van der Waals surface area contributed by atoms with Gasteiger partial charge in [-0.1, -0.05) is 23.2 Å². The Labute approximate surface area is 117 Å². The van der Waals surface area contributed by atoms with Crippen LogP contribution in [-0.2, 0) is 6.54 Å². The minimum atomic E-state index is 0.709. The van der Waals surface area contributed by atoms with Crippen LogP contribution in [0.15, 0.2) is 18.2 Å². The van der Waals surface area contributed by atoms with Gasteiger partial charge in [-0.15, -0.1) is 0 Å². The molecule has 2 rings (SSSR count). The van der Waals surface area contributed by atoms with Crippen LogP contribution in [0.1, 0.15) is 17.0 Å². The average molecular weight is 284 g/mol. The molecule has 1 aromatic carbocycles. The van der Waals surface area contributed by atoms with Crippen LogP contribution < -0.4 is 5.32 Å². The van der Waals surface area contributed by atoms with Gasteiger partial charge in [-0.3, -0.25) is 0 Å². The van der Waals surface area contributed by atoms with Crippen LogP contribution in [-0.4, -0.2) is 16.8 Å². The van der Waals surface area contributed by atoms with Crippen molar-refractivity contribution in [1.82, 2.24) is 15.1 Å². The summed E-state index contributed by atoms with van der Waals surface area (Å²) in [7, 11) is 1.90. The van der Waals surface area contributed by atoms with Gasteiger partial charge in [-0.25, -0.2) is 4.68 Å². The molecule has 0 saturated heterocycles. The average Bonchev–Trinajstić information content (AvgIpc) is 2.58. The van der Waals surface area contributed by atoms with Crippen LogP contribution in [0.4, 0.5) is 0 Å². The summed E-state index contributed by atoms with van der Waals surface area (Å²) in [6, 6.07) is 5.77. The van der Waals surface area contributed by atoms with E-state index in [0.29, 0.717) is 5.02 Å². The van der Waals surface area contributed by atoms with Crippen molar-refractivity contribution in [2.45, 2.75) is 20.4 Å². The van der Waals surface area contributed by atoms with Gasteiger partial charge in [0, 0.05) is 11.6 Å². The molecular weight excluding hydrogens is 269 g/mol. The molecule has 0 spiro atoms. The summed E-state index contributed by atoms with van der Waals surface area (Å²) in [4.78, 5) is 0. The molecule has 0 saturated carbocycles. The van der Waals surface area contributed by atoms with Crippen LogP contribution in [0, 0.1) is 13.8 Å². The molecule has 96 valence electrons. The zero-order valence-corrected chi connectivity index (χ0v) is 12.1. The van der Waals surface area contributed by atoms with Crippen LogP contribution in [0.5, 0.6) is 0 Å². The first-order valence-electron chi connectivity index (χ1n) is 5.69. The summed E-state index contributed by atoms with van der Waals surface area (Å²) in [5.41, 5.74) is 3.86. The number of benzene rings is 1.